The summed E-state index contributed by atoms with van der Waals surface area (Å²) >= 11 is 0. The van der Waals surface area contributed by atoms with Gasteiger partial charge in [-0.05, 0) is 12.8 Å². The molecule has 0 bridgehead atoms. The summed E-state index contributed by atoms with van der Waals surface area (Å²) in [6, 6.07) is 0. The first-order valence-corrected chi connectivity index (χ1v) is 6.69. The van der Waals surface area contributed by atoms with E-state index in [0.717, 1.165) is 32.1 Å². The average Bonchev–Trinajstić information content (AvgIpc) is 2.45. The minimum atomic E-state index is -0.831. The number of piperidine rings is 1. The smallest absolute Gasteiger partial charge is 0.237 e. The first kappa shape index (κ1) is 12.3. The molecule has 1 aliphatic carbocycles. The molecule has 2 spiro atoms. The maximum atomic E-state index is 10.7. The zero-order valence-electron chi connectivity index (χ0n) is 10.4. The normalized spacial score (nSPS) is 30.6. The van der Waals surface area contributed by atoms with E-state index in [2.05, 4.69) is 0 Å². The number of nitrogens with zero attached hydrogens (tertiary/aromatic N) is 1. The van der Waals surface area contributed by atoms with E-state index in [-0.39, 0.29) is 0 Å². The van der Waals surface area contributed by atoms with Crippen LogP contribution >= 0.6 is 0 Å². The summed E-state index contributed by atoms with van der Waals surface area (Å²) in [4.78, 5) is 34.4. The maximum Gasteiger partial charge on any atom is 0.237 e. The molecule has 0 atom stereocenters. The number of hydrogen-bond acceptors (Lipinski definition) is 5. The van der Waals surface area contributed by atoms with E-state index in [0.29, 0.717) is 25.9 Å². The largest absolute Gasteiger partial charge is 0.345 e. The fourth-order valence-corrected chi connectivity index (χ4v) is 2.73. The number of carbonyl (C=O) groups excluding carboxylic acids is 1. The molecule has 2 aliphatic heterocycles. The molecular formula is C12H19NO5. The monoisotopic (exact) mass is 257 g/mol. The Bertz CT molecular complexity index is 296. The Labute approximate surface area is 106 Å². The van der Waals surface area contributed by atoms with E-state index in [9.17, 15) is 4.79 Å². The van der Waals surface area contributed by atoms with Crippen LogP contribution in [0.1, 0.15) is 44.9 Å². The molecule has 0 aromatic heterocycles. The van der Waals surface area contributed by atoms with E-state index in [1.54, 1.807) is 4.90 Å². The van der Waals surface area contributed by atoms with Gasteiger partial charge in [0.25, 0.3) is 0 Å². The molecular weight excluding hydrogens is 238 g/mol. The Balaban J connectivity index is 1.57. The summed E-state index contributed by atoms with van der Waals surface area (Å²) in [5.41, 5.74) is 0. The van der Waals surface area contributed by atoms with Gasteiger partial charge in [0.1, 0.15) is 0 Å². The molecule has 3 aliphatic rings. The van der Waals surface area contributed by atoms with Gasteiger partial charge in [0, 0.05) is 38.8 Å². The summed E-state index contributed by atoms with van der Waals surface area (Å²) in [5.74, 6) is -1.53. The summed E-state index contributed by atoms with van der Waals surface area (Å²) < 4.78 is 0. The lowest BCUT2D eigenvalue weighted by molar-refractivity contribution is -0.662. The Hall–Kier alpha value is -0.690. The number of amides is 1. The van der Waals surface area contributed by atoms with Gasteiger partial charge in [0.2, 0.25) is 18.0 Å². The van der Waals surface area contributed by atoms with Crippen molar-refractivity contribution >= 4 is 6.41 Å². The Kier molecular flexibility index (Phi) is 3.27. The second-order valence-corrected chi connectivity index (χ2v) is 5.36. The van der Waals surface area contributed by atoms with Crippen molar-refractivity contribution < 1.29 is 24.3 Å². The summed E-state index contributed by atoms with van der Waals surface area (Å²) in [6.45, 7) is 1.20. The van der Waals surface area contributed by atoms with Crippen molar-refractivity contribution in [3.8, 4) is 0 Å². The molecule has 1 saturated carbocycles. The van der Waals surface area contributed by atoms with Crippen molar-refractivity contribution in [1.82, 2.24) is 4.90 Å². The zero-order valence-corrected chi connectivity index (χ0v) is 10.4. The van der Waals surface area contributed by atoms with Crippen LogP contribution < -0.4 is 0 Å². The highest BCUT2D eigenvalue weighted by atomic mass is 17.4. The van der Waals surface area contributed by atoms with Crippen molar-refractivity contribution in [3.63, 3.8) is 0 Å². The molecule has 0 unspecified atom stereocenters. The number of likely N-dealkylation sites (tertiary alicyclic amines) is 1. The maximum absolute atomic E-state index is 10.7. The molecule has 3 fully saturated rings. The lowest BCUT2D eigenvalue weighted by atomic mass is 9.94. The third kappa shape index (κ3) is 2.25. The number of carbonyl (C=O) groups is 1. The molecule has 0 radical (unpaired) electrons. The molecule has 6 heteroatoms. The third-order valence-corrected chi connectivity index (χ3v) is 4.02. The number of rotatable bonds is 1. The van der Waals surface area contributed by atoms with E-state index >= 15 is 0 Å². The fourth-order valence-electron chi connectivity index (χ4n) is 2.73. The first-order chi connectivity index (χ1) is 8.76. The minimum absolute atomic E-state index is 0.571. The van der Waals surface area contributed by atoms with E-state index in [1.165, 1.54) is 6.42 Å². The molecule has 102 valence electrons. The molecule has 2 heterocycles. The second-order valence-electron chi connectivity index (χ2n) is 5.36. The summed E-state index contributed by atoms with van der Waals surface area (Å²) in [7, 11) is 0. The lowest BCUT2D eigenvalue weighted by Crippen LogP contribution is -2.55. The van der Waals surface area contributed by atoms with Gasteiger partial charge in [-0.3, -0.25) is 4.79 Å². The topological polar surface area (TPSA) is 57.2 Å². The van der Waals surface area contributed by atoms with Gasteiger partial charge in [-0.15, -0.1) is 0 Å². The molecule has 2 saturated heterocycles. The van der Waals surface area contributed by atoms with Gasteiger partial charge < -0.3 is 4.90 Å². The van der Waals surface area contributed by atoms with E-state index in [1.807, 2.05) is 0 Å². The van der Waals surface area contributed by atoms with Crippen molar-refractivity contribution in [2.24, 2.45) is 0 Å². The van der Waals surface area contributed by atoms with Crippen molar-refractivity contribution in [2.45, 2.75) is 56.5 Å². The number of hydrogen-bond donors (Lipinski definition) is 0. The molecule has 0 aromatic rings. The third-order valence-electron chi connectivity index (χ3n) is 4.02. The van der Waals surface area contributed by atoms with Crippen LogP contribution in [-0.2, 0) is 24.3 Å². The van der Waals surface area contributed by atoms with Gasteiger partial charge in [0.15, 0.2) is 0 Å². The second kappa shape index (κ2) is 4.77. The standard InChI is InChI=1S/C12H19NO5/c14-10-13-8-6-12(7-9-13)17-15-11(16-18-12)4-2-1-3-5-11/h10H,1-9H2. The van der Waals surface area contributed by atoms with Crippen LogP contribution in [0.25, 0.3) is 0 Å². The predicted molar refractivity (Wildman–Crippen MR) is 59.8 cm³/mol. The summed E-state index contributed by atoms with van der Waals surface area (Å²) in [6.07, 6.45) is 6.95. The van der Waals surface area contributed by atoms with Crippen LogP contribution in [0.4, 0.5) is 0 Å². The SMILES string of the molecule is O=CN1CCC2(CC1)OOC1(CCCCC1)OO2. The van der Waals surface area contributed by atoms with Gasteiger partial charge in [-0.25, -0.2) is 0 Å². The Morgan fingerprint density at radius 2 is 1.28 bits per heavy atom. The van der Waals surface area contributed by atoms with Crippen LogP contribution in [0.3, 0.4) is 0 Å². The quantitative estimate of drug-likeness (QED) is 0.526. The fraction of sp³-hybridized carbons (Fsp3) is 0.917. The van der Waals surface area contributed by atoms with E-state index < -0.39 is 11.6 Å². The van der Waals surface area contributed by atoms with Crippen LogP contribution in [0.2, 0.25) is 0 Å². The van der Waals surface area contributed by atoms with Crippen LogP contribution in [0.5, 0.6) is 0 Å². The lowest BCUT2D eigenvalue weighted by Gasteiger charge is -2.46. The van der Waals surface area contributed by atoms with Gasteiger partial charge in [0.05, 0.1) is 0 Å². The van der Waals surface area contributed by atoms with Gasteiger partial charge in [-0.1, -0.05) is 6.42 Å². The summed E-state index contributed by atoms with van der Waals surface area (Å²) in [5, 5.41) is 0. The van der Waals surface area contributed by atoms with E-state index in [4.69, 9.17) is 19.6 Å². The molecule has 0 aromatic carbocycles. The Morgan fingerprint density at radius 1 is 0.778 bits per heavy atom. The highest BCUT2D eigenvalue weighted by Crippen LogP contribution is 2.41. The van der Waals surface area contributed by atoms with Crippen LogP contribution in [-0.4, -0.2) is 36.0 Å². The van der Waals surface area contributed by atoms with Gasteiger partial charge in [-0.2, -0.15) is 19.6 Å². The predicted octanol–water partition coefficient (Wildman–Crippen LogP) is 1.51. The van der Waals surface area contributed by atoms with Crippen LogP contribution in [0.15, 0.2) is 0 Å². The molecule has 3 rings (SSSR count). The van der Waals surface area contributed by atoms with Crippen molar-refractivity contribution in [1.29, 1.82) is 0 Å². The van der Waals surface area contributed by atoms with Gasteiger partial charge >= 0.3 is 0 Å². The minimum Gasteiger partial charge on any atom is -0.345 e. The highest BCUT2D eigenvalue weighted by Gasteiger charge is 2.50. The highest BCUT2D eigenvalue weighted by molar-refractivity contribution is 5.47. The first-order valence-electron chi connectivity index (χ1n) is 6.69. The molecule has 6 nitrogen and oxygen atoms in total. The van der Waals surface area contributed by atoms with Crippen molar-refractivity contribution in [3.05, 3.63) is 0 Å². The molecule has 18 heavy (non-hydrogen) atoms. The van der Waals surface area contributed by atoms with Crippen LogP contribution in [0, 0.1) is 0 Å². The average molecular weight is 257 g/mol. The molecule has 0 N–H and O–H groups in total. The zero-order chi connectivity index (χ0) is 12.5. The Morgan fingerprint density at radius 3 is 1.78 bits per heavy atom. The molecule has 1 amide bonds. The van der Waals surface area contributed by atoms with Crippen molar-refractivity contribution in [2.75, 3.05) is 13.1 Å².